The molecule has 0 bridgehead atoms. The monoisotopic (exact) mass is 227 g/mol. The SMILES string of the molecule is CCNC(=O)C(C)NC(=O)N1CCCCC1. The largest absolute Gasteiger partial charge is 0.355 e. The van der Waals surface area contributed by atoms with Crippen LogP contribution in [0.1, 0.15) is 33.1 Å². The van der Waals surface area contributed by atoms with Crippen LogP contribution in [0.5, 0.6) is 0 Å². The van der Waals surface area contributed by atoms with Crippen molar-refractivity contribution >= 4 is 11.9 Å². The lowest BCUT2D eigenvalue weighted by Gasteiger charge is -2.28. The maximum atomic E-state index is 11.8. The molecule has 0 aromatic carbocycles. The molecule has 2 N–H and O–H groups in total. The zero-order valence-electron chi connectivity index (χ0n) is 10.1. The van der Waals surface area contributed by atoms with Crippen molar-refractivity contribution in [2.24, 2.45) is 0 Å². The minimum atomic E-state index is -0.464. The number of hydrogen-bond donors (Lipinski definition) is 2. The third kappa shape index (κ3) is 3.72. The molecule has 5 heteroatoms. The van der Waals surface area contributed by atoms with E-state index in [-0.39, 0.29) is 11.9 Å². The fourth-order valence-corrected chi connectivity index (χ4v) is 1.77. The Morgan fingerprint density at radius 2 is 1.88 bits per heavy atom. The highest BCUT2D eigenvalue weighted by atomic mass is 16.2. The summed E-state index contributed by atoms with van der Waals surface area (Å²) in [5.41, 5.74) is 0. The van der Waals surface area contributed by atoms with Gasteiger partial charge in [-0.05, 0) is 33.1 Å². The zero-order chi connectivity index (χ0) is 12.0. The second-order valence-corrected chi connectivity index (χ2v) is 4.11. The van der Waals surface area contributed by atoms with E-state index in [1.165, 1.54) is 6.42 Å². The van der Waals surface area contributed by atoms with Crippen molar-refractivity contribution in [2.75, 3.05) is 19.6 Å². The van der Waals surface area contributed by atoms with Gasteiger partial charge >= 0.3 is 6.03 Å². The first kappa shape index (κ1) is 12.8. The van der Waals surface area contributed by atoms with Crippen molar-refractivity contribution in [2.45, 2.75) is 39.2 Å². The van der Waals surface area contributed by atoms with Crippen molar-refractivity contribution in [1.82, 2.24) is 15.5 Å². The molecular formula is C11H21N3O2. The Morgan fingerprint density at radius 1 is 1.25 bits per heavy atom. The van der Waals surface area contributed by atoms with E-state index in [1.54, 1.807) is 11.8 Å². The lowest BCUT2D eigenvalue weighted by Crippen LogP contribution is -2.50. The molecule has 1 fully saturated rings. The molecule has 1 saturated heterocycles. The van der Waals surface area contributed by atoms with E-state index in [0.29, 0.717) is 6.54 Å². The summed E-state index contributed by atoms with van der Waals surface area (Å²) >= 11 is 0. The van der Waals surface area contributed by atoms with Crippen molar-refractivity contribution in [3.63, 3.8) is 0 Å². The summed E-state index contributed by atoms with van der Waals surface area (Å²) in [5, 5.41) is 5.39. The Hall–Kier alpha value is -1.26. The molecule has 0 aromatic heterocycles. The predicted molar refractivity (Wildman–Crippen MR) is 62.1 cm³/mol. The second-order valence-electron chi connectivity index (χ2n) is 4.11. The van der Waals surface area contributed by atoms with Gasteiger partial charge in [0.2, 0.25) is 5.91 Å². The summed E-state index contributed by atoms with van der Waals surface area (Å²) in [6, 6.07) is -0.590. The van der Waals surface area contributed by atoms with E-state index in [9.17, 15) is 9.59 Å². The number of urea groups is 1. The summed E-state index contributed by atoms with van der Waals surface area (Å²) in [6.07, 6.45) is 3.31. The molecule has 0 spiro atoms. The number of carbonyl (C=O) groups excluding carboxylic acids is 2. The van der Waals surface area contributed by atoms with Crippen LogP contribution in [0.15, 0.2) is 0 Å². The molecule has 0 aromatic rings. The number of likely N-dealkylation sites (tertiary alicyclic amines) is 1. The van der Waals surface area contributed by atoms with Crippen LogP contribution < -0.4 is 10.6 Å². The third-order valence-corrected chi connectivity index (χ3v) is 2.73. The standard InChI is InChI=1S/C11H21N3O2/c1-3-12-10(15)9(2)13-11(16)14-7-5-4-6-8-14/h9H,3-8H2,1-2H3,(H,12,15)(H,13,16). The Bertz CT molecular complexity index is 250. The Labute approximate surface area is 96.6 Å². The number of nitrogens with zero attached hydrogens (tertiary/aromatic N) is 1. The van der Waals surface area contributed by atoms with E-state index in [1.807, 2.05) is 6.92 Å². The van der Waals surface area contributed by atoms with Crippen LogP contribution in [-0.2, 0) is 4.79 Å². The molecular weight excluding hydrogens is 206 g/mol. The molecule has 16 heavy (non-hydrogen) atoms. The summed E-state index contributed by atoms with van der Waals surface area (Å²) in [6.45, 7) is 5.74. The quantitative estimate of drug-likeness (QED) is 0.746. The number of amides is 3. The average Bonchev–Trinajstić information content (AvgIpc) is 2.30. The Balaban J connectivity index is 2.34. The van der Waals surface area contributed by atoms with Crippen molar-refractivity contribution in [1.29, 1.82) is 0 Å². The van der Waals surface area contributed by atoms with Gasteiger partial charge in [0, 0.05) is 19.6 Å². The number of carbonyl (C=O) groups is 2. The fourth-order valence-electron chi connectivity index (χ4n) is 1.77. The topological polar surface area (TPSA) is 61.4 Å². The van der Waals surface area contributed by atoms with Crippen molar-refractivity contribution in [3.8, 4) is 0 Å². The Morgan fingerprint density at radius 3 is 2.44 bits per heavy atom. The fraction of sp³-hybridized carbons (Fsp3) is 0.818. The first-order chi connectivity index (χ1) is 7.65. The van der Waals surface area contributed by atoms with E-state index in [4.69, 9.17) is 0 Å². The van der Waals surface area contributed by atoms with E-state index >= 15 is 0 Å². The van der Waals surface area contributed by atoms with Gasteiger partial charge in [0.15, 0.2) is 0 Å². The third-order valence-electron chi connectivity index (χ3n) is 2.73. The van der Waals surface area contributed by atoms with Gasteiger partial charge in [0.1, 0.15) is 6.04 Å². The van der Waals surface area contributed by atoms with Gasteiger partial charge in [0.05, 0.1) is 0 Å². The summed E-state index contributed by atoms with van der Waals surface area (Å²) < 4.78 is 0. The summed E-state index contributed by atoms with van der Waals surface area (Å²) in [4.78, 5) is 24.9. The van der Waals surface area contributed by atoms with Gasteiger partial charge in [-0.2, -0.15) is 0 Å². The van der Waals surface area contributed by atoms with Gasteiger partial charge in [-0.15, -0.1) is 0 Å². The minimum Gasteiger partial charge on any atom is -0.355 e. The summed E-state index contributed by atoms with van der Waals surface area (Å²) in [7, 11) is 0. The molecule has 1 rings (SSSR count). The number of hydrogen-bond acceptors (Lipinski definition) is 2. The van der Waals surface area contributed by atoms with Crippen LogP contribution in [-0.4, -0.2) is 42.5 Å². The molecule has 92 valence electrons. The molecule has 1 unspecified atom stereocenters. The molecule has 1 atom stereocenters. The highest BCUT2D eigenvalue weighted by Gasteiger charge is 2.20. The highest BCUT2D eigenvalue weighted by Crippen LogP contribution is 2.08. The highest BCUT2D eigenvalue weighted by molar-refractivity contribution is 5.86. The molecule has 1 aliphatic rings. The van der Waals surface area contributed by atoms with Crippen molar-refractivity contribution < 1.29 is 9.59 Å². The molecule has 0 aliphatic carbocycles. The summed E-state index contributed by atoms with van der Waals surface area (Å²) in [5.74, 6) is -0.132. The van der Waals surface area contributed by atoms with E-state index < -0.39 is 6.04 Å². The lowest BCUT2D eigenvalue weighted by atomic mass is 10.1. The maximum absolute atomic E-state index is 11.8. The zero-order valence-corrected chi connectivity index (χ0v) is 10.1. The van der Waals surface area contributed by atoms with Crippen LogP contribution in [0.25, 0.3) is 0 Å². The van der Waals surface area contributed by atoms with Crippen LogP contribution in [0.2, 0.25) is 0 Å². The van der Waals surface area contributed by atoms with Gasteiger partial charge in [-0.25, -0.2) is 4.79 Å². The van der Waals surface area contributed by atoms with Gasteiger partial charge in [0.25, 0.3) is 0 Å². The molecule has 1 heterocycles. The average molecular weight is 227 g/mol. The molecule has 3 amide bonds. The van der Waals surface area contributed by atoms with Crippen LogP contribution in [0.3, 0.4) is 0 Å². The van der Waals surface area contributed by atoms with Gasteiger partial charge in [-0.3, -0.25) is 4.79 Å². The molecule has 0 radical (unpaired) electrons. The molecule has 5 nitrogen and oxygen atoms in total. The van der Waals surface area contributed by atoms with E-state index in [2.05, 4.69) is 10.6 Å². The smallest absolute Gasteiger partial charge is 0.318 e. The number of rotatable bonds is 3. The normalized spacial score (nSPS) is 17.8. The molecule has 0 saturated carbocycles. The van der Waals surface area contributed by atoms with Crippen LogP contribution in [0, 0.1) is 0 Å². The van der Waals surface area contributed by atoms with E-state index in [0.717, 1.165) is 25.9 Å². The first-order valence-corrected chi connectivity index (χ1v) is 5.98. The first-order valence-electron chi connectivity index (χ1n) is 5.98. The molecule has 1 aliphatic heterocycles. The van der Waals surface area contributed by atoms with Crippen molar-refractivity contribution in [3.05, 3.63) is 0 Å². The minimum absolute atomic E-state index is 0.126. The lowest BCUT2D eigenvalue weighted by molar-refractivity contribution is -0.122. The Kier molecular flexibility index (Phi) is 5.08. The number of likely N-dealkylation sites (N-methyl/N-ethyl adjacent to an activating group) is 1. The number of piperidine rings is 1. The van der Waals surface area contributed by atoms with Crippen LogP contribution >= 0.6 is 0 Å². The maximum Gasteiger partial charge on any atom is 0.318 e. The number of nitrogens with one attached hydrogen (secondary N) is 2. The van der Waals surface area contributed by atoms with Gasteiger partial charge in [-0.1, -0.05) is 0 Å². The van der Waals surface area contributed by atoms with Gasteiger partial charge < -0.3 is 15.5 Å². The van der Waals surface area contributed by atoms with Crippen LogP contribution in [0.4, 0.5) is 4.79 Å². The second kappa shape index (κ2) is 6.35. The predicted octanol–water partition coefficient (Wildman–Crippen LogP) is 0.706.